The molecule has 1 N–H and O–H groups in total. The molecule has 0 radical (unpaired) electrons. The van der Waals surface area contributed by atoms with E-state index in [1.807, 2.05) is 4.90 Å². The van der Waals surface area contributed by atoms with Gasteiger partial charge >= 0.3 is 0 Å². The molecule has 8 nitrogen and oxygen atoms in total. The Morgan fingerprint density at radius 1 is 1.34 bits per heavy atom. The second kappa shape index (κ2) is 10.4. The van der Waals surface area contributed by atoms with Crippen LogP contribution in [-0.2, 0) is 14.6 Å². The third-order valence-electron chi connectivity index (χ3n) is 4.87. The maximum Gasteiger partial charge on any atom is 0.271 e. The Morgan fingerprint density at radius 2 is 2.12 bits per heavy atom. The minimum atomic E-state index is -3.28. The summed E-state index contributed by atoms with van der Waals surface area (Å²) in [5, 5.41) is 3.73. The molecule has 1 aliphatic heterocycles. The summed E-state index contributed by atoms with van der Waals surface area (Å²) in [4.78, 5) is 22.9. The van der Waals surface area contributed by atoms with E-state index in [0.717, 1.165) is 11.7 Å². The summed E-state index contributed by atoms with van der Waals surface area (Å²) in [5.74, 6) is -0.479. The first-order chi connectivity index (χ1) is 15.2. The monoisotopic (exact) mass is 482 g/mol. The number of rotatable bonds is 6. The molecule has 1 saturated heterocycles. The standard InChI is InChI=1S/C21H24ClFN4O4S/c1-14(7-11-32(2,29)30)26-21(28)17-12-25-19(13-24-17)27-8-10-31-9-6-18(27)15-4-3-5-16(23)20(15)22/h3-5,7,11-14,18H,6,8-10H2,1-2H3,(H,26,28)/b11-7+/t14-,18?/m1/s1. The highest BCUT2D eigenvalue weighted by molar-refractivity contribution is 7.93. The van der Waals surface area contributed by atoms with Crippen LogP contribution in [0, 0.1) is 5.82 Å². The van der Waals surface area contributed by atoms with Crippen molar-refractivity contribution in [1.29, 1.82) is 0 Å². The Hall–Kier alpha value is -2.56. The molecule has 1 fully saturated rings. The summed E-state index contributed by atoms with van der Waals surface area (Å²) in [7, 11) is -3.28. The van der Waals surface area contributed by atoms with Gasteiger partial charge in [0.05, 0.1) is 30.1 Å². The van der Waals surface area contributed by atoms with Gasteiger partial charge in [-0.2, -0.15) is 0 Å². The third-order valence-corrected chi connectivity index (χ3v) is 5.92. The normalized spacial score (nSPS) is 18.4. The molecule has 0 aliphatic carbocycles. The number of hydrogen-bond donors (Lipinski definition) is 1. The molecule has 0 saturated carbocycles. The molecule has 2 aromatic rings. The van der Waals surface area contributed by atoms with Crippen LogP contribution in [0.4, 0.5) is 10.2 Å². The lowest BCUT2D eigenvalue weighted by Crippen LogP contribution is -2.33. The number of halogens is 2. The van der Waals surface area contributed by atoms with E-state index in [2.05, 4.69) is 15.3 Å². The van der Waals surface area contributed by atoms with Gasteiger partial charge in [0.1, 0.15) is 17.3 Å². The first-order valence-electron chi connectivity index (χ1n) is 9.95. The highest BCUT2D eigenvalue weighted by Gasteiger charge is 2.27. The van der Waals surface area contributed by atoms with Crippen LogP contribution >= 0.6 is 11.6 Å². The maximum atomic E-state index is 14.0. The molecule has 1 aromatic carbocycles. The Bertz CT molecular complexity index is 1100. The largest absolute Gasteiger partial charge is 0.380 e. The van der Waals surface area contributed by atoms with Crippen LogP contribution in [0.2, 0.25) is 5.02 Å². The molecule has 32 heavy (non-hydrogen) atoms. The average Bonchev–Trinajstić information content (AvgIpc) is 3.00. The zero-order valence-corrected chi connectivity index (χ0v) is 19.2. The van der Waals surface area contributed by atoms with E-state index >= 15 is 0 Å². The third kappa shape index (κ3) is 6.24. The first kappa shape index (κ1) is 24.1. The van der Waals surface area contributed by atoms with Gasteiger partial charge in [0.2, 0.25) is 0 Å². The van der Waals surface area contributed by atoms with Crippen molar-refractivity contribution in [1.82, 2.24) is 15.3 Å². The molecule has 0 bridgehead atoms. The van der Waals surface area contributed by atoms with E-state index in [1.165, 1.54) is 24.5 Å². The summed E-state index contributed by atoms with van der Waals surface area (Å²) < 4.78 is 42.0. The summed E-state index contributed by atoms with van der Waals surface area (Å²) in [6, 6.07) is 3.91. The molecule has 1 amide bonds. The summed E-state index contributed by atoms with van der Waals surface area (Å²) in [6.07, 6.45) is 5.84. The number of carbonyl (C=O) groups is 1. The van der Waals surface area contributed by atoms with E-state index < -0.39 is 27.6 Å². The molecule has 172 valence electrons. The van der Waals surface area contributed by atoms with Crippen molar-refractivity contribution in [3.8, 4) is 0 Å². The summed E-state index contributed by atoms with van der Waals surface area (Å²) in [5.41, 5.74) is 0.715. The molecule has 0 spiro atoms. The summed E-state index contributed by atoms with van der Waals surface area (Å²) >= 11 is 6.23. The van der Waals surface area contributed by atoms with Gasteiger partial charge in [0, 0.05) is 30.9 Å². The van der Waals surface area contributed by atoms with Crippen LogP contribution in [0.1, 0.15) is 35.4 Å². The fourth-order valence-corrected chi connectivity index (χ4v) is 4.10. The minimum Gasteiger partial charge on any atom is -0.380 e. The van der Waals surface area contributed by atoms with Crippen molar-refractivity contribution in [2.24, 2.45) is 0 Å². The number of carbonyl (C=O) groups excluding carboxylic acids is 1. The number of ether oxygens (including phenoxy) is 1. The molecule has 1 aromatic heterocycles. The number of sulfone groups is 1. The van der Waals surface area contributed by atoms with Crippen LogP contribution in [0.15, 0.2) is 42.1 Å². The van der Waals surface area contributed by atoms with Crippen molar-refractivity contribution in [3.63, 3.8) is 0 Å². The van der Waals surface area contributed by atoms with Gasteiger partial charge in [-0.05, 0) is 25.0 Å². The van der Waals surface area contributed by atoms with Gasteiger partial charge < -0.3 is 15.0 Å². The highest BCUT2D eigenvalue weighted by atomic mass is 35.5. The fourth-order valence-electron chi connectivity index (χ4n) is 3.32. The van der Waals surface area contributed by atoms with E-state index in [4.69, 9.17) is 16.3 Å². The molecule has 2 atom stereocenters. The average molecular weight is 483 g/mol. The topological polar surface area (TPSA) is 101 Å². The lowest BCUT2D eigenvalue weighted by molar-refractivity contribution is 0.0941. The van der Waals surface area contributed by atoms with Gasteiger partial charge in [0.25, 0.3) is 5.91 Å². The minimum absolute atomic E-state index is 0.0597. The smallest absolute Gasteiger partial charge is 0.271 e. The SMILES string of the molecule is C[C@H](/C=C/S(C)(=O)=O)NC(=O)c1cnc(N2CCOCCC2c2cccc(F)c2Cl)cn1. The molecular formula is C21H24ClFN4O4S. The number of benzene rings is 1. The number of anilines is 1. The van der Waals surface area contributed by atoms with Gasteiger partial charge in [-0.3, -0.25) is 4.79 Å². The Balaban J connectivity index is 1.79. The number of hydrogen-bond acceptors (Lipinski definition) is 7. The molecular weight excluding hydrogens is 459 g/mol. The predicted octanol–water partition coefficient (Wildman–Crippen LogP) is 2.91. The molecule has 3 rings (SSSR count). The van der Waals surface area contributed by atoms with E-state index in [1.54, 1.807) is 19.1 Å². The van der Waals surface area contributed by atoms with Crippen LogP contribution in [0.25, 0.3) is 0 Å². The number of aromatic nitrogens is 2. The number of nitrogens with zero attached hydrogens (tertiary/aromatic N) is 3. The van der Waals surface area contributed by atoms with Crippen LogP contribution < -0.4 is 10.2 Å². The molecule has 2 heterocycles. The van der Waals surface area contributed by atoms with Gasteiger partial charge in [0.15, 0.2) is 9.84 Å². The van der Waals surface area contributed by atoms with Crippen molar-refractivity contribution in [2.75, 3.05) is 30.9 Å². The van der Waals surface area contributed by atoms with Crippen LogP contribution in [0.3, 0.4) is 0 Å². The van der Waals surface area contributed by atoms with Gasteiger partial charge in [-0.1, -0.05) is 29.8 Å². The van der Waals surface area contributed by atoms with E-state index in [0.29, 0.717) is 37.6 Å². The second-order valence-electron chi connectivity index (χ2n) is 7.43. The van der Waals surface area contributed by atoms with E-state index in [9.17, 15) is 17.6 Å². The van der Waals surface area contributed by atoms with Crippen LogP contribution in [-0.4, -0.2) is 56.3 Å². The van der Waals surface area contributed by atoms with Crippen molar-refractivity contribution in [3.05, 3.63) is 64.2 Å². The highest BCUT2D eigenvalue weighted by Crippen LogP contribution is 2.35. The molecule has 1 aliphatic rings. The Labute approximate surface area is 191 Å². The molecule has 11 heteroatoms. The zero-order chi connectivity index (χ0) is 23.3. The lowest BCUT2D eigenvalue weighted by atomic mass is 10.0. The second-order valence-corrected chi connectivity index (χ2v) is 9.74. The first-order valence-corrected chi connectivity index (χ1v) is 12.3. The van der Waals surface area contributed by atoms with Crippen molar-refractivity contribution >= 4 is 33.2 Å². The number of nitrogens with one attached hydrogen (secondary N) is 1. The Morgan fingerprint density at radius 3 is 2.81 bits per heavy atom. The van der Waals surface area contributed by atoms with Gasteiger partial charge in [-0.25, -0.2) is 22.8 Å². The lowest BCUT2D eigenvalue weighted by Gasteiger charge is -2.31. The van der Waals surface area contributed by atoms with Gasteiger partial charge in [-0.15, -0.1) is 0 Å². The van der Waals surface area contributed by atoms with E-state index in [-0.39, 0.29) is 16.8 Å². The summed E-state index contributed by atoms with van der Waals surface area (Å²) in [6.45, 7) is 3.08. The quantitative estimate of drug-likeness (QED) is 0.675. The van der Waals surface area contributed by atoms with Crippen LogP contribution in [0.5, 0.6) is 0 Å². The Kier molecular flexibility index (Phi) is 7.81. The fraction of sp³-hybridized carbons (Fsp3) is 0.381. The van der Waals surface area contributed by atoms with Crippen molar-refractivity contribution < 1.29 is 22.3 Å². The molecule has 1 unspecified atom stereocenters. The zero-order valence-electron chi connectivity index (χ0n) is 17.7. The van der Waals surface area contributed by atoms with Crippen molar-refractivity contribution in [2.45, 2.75) is 25.4 Å². The number of amides is 1. The maximum absolute atomic E-state index is 14.0. The predicted molar refractivity (Wildman–Crippen MR) is 120 cm³/mol.